The van der Waals surface area contributed by atoms with Crippen LogP contribution in [0.3, 0.4) is 0 Å². The number of nitrogens with zero attached hydrogens (tertiary/aromatic N) is 1. The number of carbonyl (C=O) groups is 1. The Morgan fingerprint density at radius 3 is 1.89 bits per heavy atom. The molecule has 1 heterocycles. The molecule has 4 heteroatoms. The topological polar surface area (TPSA) is 29.5 Å². The van der Waals surface area contributed by atoms with Crippen molar-refractivity contribution in [2.75, 3.05) is 13.1 Å². The highest BCUT2D eigenvalue weighted by Crippen LogP contribution is 2.32. The molecule has 2 aromatic rings. The van der Waals surface area contributed by atoms with Crippen LogP contribution in [0.25, 0.3) is 0 Å². The Kier molecular flexibility index (Phi) is 20.6. The normalized spacial score (nSPS) is 14.6. The number of benzene rings is 1. The quantitative estimate of drug-likeness (QED) is 0.0554. The van der Waals surface area contributed by atoms with Crippen LogP contribution in [-0.4, -0.2) is 30.0 Å². The summed E-state index contributed by atoms with van der Waals surface area (Å²) in [6.07, 6.45) is 32.0. The third-order valence-electron chi connectivity index (χ3n) is 9.87. The minimum absolute atomic E-state index is 0.0546. The van der Waals surface area contributed by atoms with E-state index in [2.05, 4.69) is 48.4 Å². The summed E-state index contributed by atoms with van der Waals surface area (Å²) in [6.45, 7) is 6.86. The third-order valence-corrected chi connectivity index (χ3v) is 10.8. The van der Waals surface area contributed by atoms with E-state index in [0.717, 1.165) is 57.4 Å². The van der Waals surface area contributed by atoms with Crippen molar-refractivity contribution in [3.63, 3.8) is 0 Å². The molecule has 0 saturated carbocycles. The average Bonchev–Trinajstić information content (AvgIpc) is 3.58. The van der Waals surface area contributed by atoms with Gasteiger partial charge in [0.1, 0.15) is 5.75 Å². The van der Waals surface area contributed by atoms with Crippen LogP contribution >= 0.6 is 11.3 Å². The Morgan fingerprint density at radius 1 is 0.733 bits per heavy atom. The molecule has 3 nitrogen and oxygen atoms in total. The molecule has 0 unspecified atom stereocenters. The van der Waals surface area contributed by atoms with Crippen molar-refractivity contribution < 1.29 is 9.53 Å². The summed E-state index contributed by atoms with van der Waals surface area (Å²) in [4.78, 5) is 16.9. The van der Waals surface area contributed by atoms with Crippen LogP contribution < -0.4 is 4.74 Å². The largest absolute Gasteiger partial charge is 0.426 e. The van der Waals surface area contributed by atoms with E-state index >= 15 is 0 Å². The molecule has 0 bridgehead atoms. The molecule has 1 aromatic carbocycles. The maximum Gasteiger partial charge on any atom is 0.311 e. The summed E-state index contributed by atoms with van der Waals surface area (Å²) >= 11 is 1.87. The van der Waals surface area contributed by atoms with Gasteiger partial charge in [-0.3, -0.25) is 9.69 Å². The number of hydrogen-bond acceptors (Lipinski definition) is 4. The smallest absolute Gasteiger partial charge is 0.311 e. The summed E-state index contributed by atoms with van der Waals surface area (Å²) in [5, 5.41) is 2.18. The van der Waals surface area contributed by atoms with E-state index in [9.17, 15) is 4.79 Å². The standard InChI is InChI=1S/C41H67NO2S/c1-3-5-6-7-8-9-10-11-12-13-14-15-16-17-18-19-20-21-22-28-41(43)44-40-27-23-25-36-35-37(29-30-39(36)40)42(32-4-2)33-31-38-26-24-34-45-38/h23-27,34,37H,3-22,28-33,35H2,1-2H3/t37-/m0/s1. The molecular weight excluding hydrogens is 571 g/mol. The number of unbranched alkanes of at least 4 members (excludes halogenated alkanes) is 18. The number of thiophene rings is 1. The lowest BCUT2D eigenvalue weighted by Crippen LogP contribution is -2.41. The lowest BCUT2D eigenvalue weighted by Gasteiger charge is -2.35. The molecule has 3 rings (SSSR count). The van der Waals surface area contributed by atoms with Gasteiger partial charge in [0.05, 0.1) is 0 Å². The highest BCUT2D eigenvalue weighted by Gasteiger charge is 2.26. The van der Waals surface area contributed by atoms with Gasteiger partial charge >= 0.3 is 5.97 Å². The van der Waals surface area contributed by atoms with Crippen molar-refractivity contribution in [2.24, 2.45) is 0 Å². The van der Waals surface area contributed by atoms with Gasteiger partial charge in [0.2, 0.25) is 0 Å². The van der Waals surface area contributed by atoms with E-state index in [0.29, 0.717) is 12.5 Å². The second-order valence-electron chi connectivity index (χ2n) is 13.7. The zero-order valence-corrected chi connectivity index (χ0v) is 30.1. The van der Waals surface area contributed by atoms with Crippen molar-refractivity contribution >= 4 is 17.3 Å². The first kappa shape index (κ1) is 37.8. The number of ether oxygens (including phenoxy) is 1. The van der Waals surface area contributed by atoms with Crippen LogP contribution in [0.4, 0.5) is 0 Å². The van der Waals surface area contributed by atoms with Crippen molar-refractivity contribution in [3.8, 4) is 5.75 Å². The van der Waals surface area contributed by atoms with E-state index in [1.807, 2.05) is 17.4 Å². The molecule has 0 aliphatic heterocycles. The summed E-state index contributed by atoms with van der Waals surface area (Å²) in [5.41, 5.74) is 2.64. The number of rotatable bonds is 27. The first-order chi connectivity index (χ1) is 22.2. The molecule has 1 aliphatic carbocycles. The number of hydrogen-bond donors (Lipinski definition) is 0. The minimum atomic E-state index is -0.0546. The Labute approximate surface area is 281 Å². The van der Waals surface area contributed by atoms with Crippen molar-refractivity contribution in [1.29, 1.82) is 0 Å². The predicted octanol–water partition coefficient (Wildman–Crippen LogP) is 12.3. The molecule has 0 N–H and O–H groups in total. The molecule has 0 saturated heterocycles. The van der Waals surface area contributed by atoms with Gasteiger partial charge in [0.25, 0.3) is 0 Å². The summed E-state index contributed by atoms with van der Waals surface area (Å²) in [5.74, 6) is 0.760. The fourth-order valence-electron chi connectivity index (χ4n) is 7.15. The van der Waals surface area contributed by atoms with E-state index in [1.165, 1.54) is 132 Å². The highest BCUT2D eigenvalue weighted by molar-refractivity contribution is 7.09. The van der Waals surface area contributed by atoms with Gasteiger partial charge < -0.3 is 4.74 Å². The van der Waals surface area contributed by atoms with Crippen LogP contribution in [-0.2, 0) is 24.1 Å². The average molecular weight is 638 g/mol. The first-order valence-corrected chi connectivity index (χ1v) is 20.2. The third kappa shape index (κ3) is 16.1. The van der Waals surface area contributed by atoms with Gasteiger partial charge in [-0.2, -0.15) is 0 Å². The zero-order chi connectivity index (χ0) is 31.8. The Morgan fingerprint density at radius 2 is 1.33 bits per heavy atom. The monoisotopic (exact) mass is 637 g/mol. The molecule has 0 radical (unpaired) electrons. The predicted molar refractivity (Wildman–Crippen MR) is 196 cm³/mol. The van der Waals surface area contributed by atoms with Crippen LogP contribution in [0.5, 0.6) is 5.75 Å². The molecule has 45 heavy (non-hydrogen) atoms. The van der Waals surface area contributed by atoms with Crippen LogP contribution in [0.15, 0.2) is 35.7 Å². The molecule has 1 aromatic heterocycles. The summed E-state index contributed by atoms with van der Waals surface area (Å²) in [7, 11) is 0. The Hall–Kier alpha value is -1.65. The maximum absolute atomic E-state index is 12.7. The fraction of sp³-hybridized carbons (Fsp3) is 0.732. The second kappa shape index (κ2) is 24.5. The minimum Gasteiger partial charge on any atom is -0.426 e. The highest BCUT2D eigenvalue weighted by atomic mass is 32.1. The Balaban J connectivity index is 1.19. The lowest BCUT2D eigenvalue weighted by atomic mass is 9.86. The van der Waals surface area contributed by atoms with E-state index in [-0.39, 0.29) is 5.97 Å². The van der Waals surface area contributed by atoms with Gasteiger partial charge in [-0.15, -0.1) is 11.3 Å². The van der Waals surface area contributed by atoms with E-state index < -0.39 is 0 Å². The number of fused-ring (bicyclic) bond motifs is 1. The van der Waals surface area contributed by atoms with E-state index in [4.69, 9.17) is 4.74 Å². The number of esters is 1. The zero-order valence-electron chi connectivity index (χ0n) is 29.3. The molecule has 254 valence electrons. The van der Waals surface area contributed by atoms with Crippen LogP contribution in [0.1, 0.15) is 171 Å². The van der Waals surface area contributed by atoms with Crippen LogP contribution in [0, 0.1) is 0 Å². The first-order valence-electron chi connectivity index (χ1n) is 19.3. The maximum atomic E-state index is 12.7. The van der Waals surface area contributed by atoms with Crippen molar-refractivity contribution in [2.45, 2.75) is 180 Å². The molecule has 0 amide bonds. The van der Waals surface area contributed by atoms with Crippen LogP contribution in [0.2, 0.25) is 0 Å². The van der Waals surface area contributed by atoms with Crippen molar-refractivity contribution in [3.05, 3.63) is 51.7 Å². The van der Waals surface area contributed by atoms with Gasteiger partial charge in [-0.05, 0) is 73.7 Å². The lowest BCUT2D eigenvalue weighted by molar-refractivity contribution is -0.134. The Bertz CT molecular complexity index is 1000. The summed E-state index contributed by atoms with van der Waals surface area (Å²) in [6, 6.07) is 11.3. The molecule has 1 atom stereocenters. The summed E-state index contributed by atoms with van der Waals surface area (Å²) < 4.78 is 5.94. The van der Waals surface area contributed by atoms with Gasteiger partial charge in [-0.25, -0.2) is 0 Å². The molecule has 0 fully saturated rings. The van der Waals surface area contributed by atoms with Gasteiger partial charge in [0.15, 0.2) is 0 Å². The molecule has 0 spiro atoms. The number of carbonyl (C=O) groups excluding carboxylic acids is 1. The van der Waals surface area contributed by atoms with Gasteiger partial charge in [-0.1, -0.05) is 148 Å². The molecular formula is C41H67NO2S. The molecule has 1 aliphatic rings. The van der Waals surface area contributed by atoms with E-state index in [1.54, 1.807) is 0 Å². The second-order valence-corrected chi connectivity index (χ2v) is 14.8. The van der Waals surface area contributed by atoms with Gasteiger partial charge in [0, 0.05) is 23.9 Å². The SMILES string of the molecule is CCCCCCCCCCCCCCCCCCCCCC(=O)Oc1cccc2c1CC[C@H](N(CCC)CCc1cccs1)C2. The fourth-order valence-corrected chi connectivity index (χ4v) is 7.85. The van der Waals surface area contributed by atoms with Crippen molar-refractivity contribution in [1.82, 2.24) is 4.90 Å².